The van der Waals surface area contributed by atoms with Crippen LogP contribution >= 0.6 is 0 Å². The standard InChI is InChI=1S/C10H7F4N/c1-6(15-2)8-5-7(11)3-4-9(8)10(12,13)14/h3-6H,1H3. The molecule has 1 rings (SSSR count). The van der Waals surface area contributed by atoms with Crippen molar-refractivity contribution in [3.05, 3.63) is 46.6 Å². The number of alkyl halides is 3. The largest absolute Gasteiger partial charge is 0.416 e. The van der Waals surface area contributed by atoms with Gasteiger partial charge in [0.05, 0.1) is 5.56 Å². The number of halogens is 4. The van der Waals surface area contributed by atoms with Crippen LogP contribution in [0.15, 0.2) is 18.2 Å². The number of rotatable bonds is 1. The van der Waals surface area contributed by atoms with Crippen LogP contribution in [0.2, 0.25) is 0 Å². The third-order valence-corrected chi connectivity index (χ3v) is 1.96. The maximum absolute atomic E-state index is 12.8. The lowest BCUT2D eigenvalue weighted by molar-refractivity contribution is -0.138. The second-order valence-electron chi connectivity index (χ2n) is 3.03. The molecule has 0 saturated heterocycles. The van der Waals surface area contributed by atoms with Crippen molar-refractivity contribution in [3.8, 4) is 0 Å². The van der Waals surface area contributed by atoms with Crippen LogP contribution < -0.4 is 0 Å². The summed E-state index contributed by atoms with van der Waals surface area (Å²) in [5.41, 5.74) is -1.27. The Morgan fingerprint density at radius 3 is 2.40 bits per heavy atom. The highest BCUT2D eigenvalue weighted by Crippen LogP contribution is 2.35. The number of nitrogens with zero attached hydrogens (tertiary/aromatic N) is 1. The first kappa shape index (κ1) is 11.5. The van der Waals surface area contributed by atoms with Gasteiger partial charge in [-0.05, 0) is 18.2 Å². The minimum absolute atomic E-state index is 0.322. The first-order valence-electron chi connectivity index (χ1n) is 4.09. The Bertz CT molecular complexity index is 403. The number of benzene rings is 1. The molecule has 15 heavy (non-hydrogen) atoms. The monoisotopic (exact) mass is 217 g/mol. The maximum Gasteiger partial charge on any atom is 0.416 e. The molecule has 0 fully saturated rings. The van der Waals surface area contributed by atoms with Crippen molar-refractivity contribution in [3.63, 3.8) is 0 Å². The molecule has 0 N–H and O–H groups in total. The lowest BCUT2D eigenvalue weighted by atomic mass is 10.0. The summed E-state index contributed by atoms with van der Waals surface area (Å²) in [7, 11) is 0. The molecule has 0 aliphatic rings. The third-order valence-electron chi connectivity index (χ3n) is 1.96. The fourth-order valence-electron chi connectivity index (χ4n) is 1.21. The molecule has 0 aromatic heterocycles. The van der Waals surface area contributed by atoms with Crippen LogP contribution in [0.3, 0.4) is 0 Å². The van der Waals surface area contributed by atoms with Gasteiger partial charge in [0, 0.05) is 12.5 Å². The van der Waals surface area contributed by atoms with Gasteiger partial charge in [0.2, 0.25) is 6.04 Å². The number of hydrogen-bond donors (Lipinski definition) is 0. The molecule has 0 bridgehead atoms. The van der Waals surface area contributed by atoms with Gasteiger partial charge in [-0.25, -0.2) is 11.0 Å². The first-order valence-corrected chi connectivity index (χ1v) is 4.09. The topological polar surface area (TPSA) is 4.36 Å². The Hall–Kier alpha value is -1.57. The van der Waals surface area contributed by atoms with Crippen molar-refractivity contribution >= 4 is 0 Å². The van der Waals surface area contributed by atoms with Gasteiger partial charge in [-0.2, -0.15) is 13.2 Å². The van der Waals surface area contributed by atoms with E-state index in [1.807, 2.05) is 0 Å². The van der Waals surface area contributed by atoms with Crippen molar-refractivity contribution in [1.82, 2.24) is 0 Å². The SMILES string of the molecule is [C-]#[N+]C(C)c1cc(F)ccc1C(F)(F)F. The molecule has 0 radical (unpaired) electrons. The molecule has 1 atom stereocenters. The Kier molecular flexibility index (Phi) is 2.98. The van der Waals surface area contributed by atoms with E-state index in [4.69, 9.17) is 6.57 Å². The van der Waals surface area contributed by atoms with Gasteiger partial charge in [0.1, 0.15) is 5.82 Å². The zero-order chi connectivity index (χ0) is 11.6. The van der Waals surface area contributed by atoms with Gasteiger partial charge >= 0.3 is 6.18 Å². The van der Waals surface area contributed by atoms with Crippen LogP contribution in [-0.2, 0) is 6.18 Å². The normalized spacial score (nSPS) is 13.3. The summed E-state index contributed by atoms with van der Waals surface area (Å²) in [6.45, 7) is 7.96. The maximum atomic E-state index is 12.8. The third kappa shape index (κ3) is 2.46. The first-order chi connectivity index (χ1) is 6.86. The van der Waals surface area contributed by atoms with Crippen LogP contribution in [0.25, 0.3) is 4.85 Å². The fraction of sp³-hybridized carbons (Fsp3) is 0.300. The molecule has 5 heteroatoms. The molecule has 0 aliphatic carbocycles. The van der Waals surface area contributed by atoms with Gasteiger partial charge < -0.3 is 4.85 Å². The van der Waals surface area contributed by atoms with E-state index in [2.05, 4.69) is 4.85 Å². The highest BCUT2D eigenvalue weighted by Gasteiger charge is 2.36. The van der Waals surface area contributed by atoms with Crippen LogP contribution in [-0.4, -0.2) is 0 Å². The molecule has 0 saturated carbocycles. The molecule has 80 valence electrons. The second-order valence-corrected chi connectivity index (χ2v) is 3.03. The van der Waals surface area contributed by atoms with E-state index < -0.39 is 23.6 Å². The van der Waals surface area contributed by atoms with E-state index in [1.54, 1.807) is 0 Å². The van der Waals surface area contributed by atoms with E-state index in [-0.39, 0.29) is 5.56 Å². The Morgan fingerprint density at radius 2 is 1.93 bits per heavy atom. The van der Waals surface area contributed by atoms with Crippen molar-refractivity contribution in [1.29, 1.82) is 0 Å². The molecule has 0 amide bonds. The summed E-state index contributed by atoms with van der Waals surface area (Å²) < 4.78 is 50.1. The lowest BCUT2D eigenvalue weighted by Gasteiger charge is -2.11. The quantitative estimate of drug-likeness (QED) is 0.497. The van der Waals surface area contributed by atoms with Crippen molar-refractivity contribution in [2.24, 2.45) is 0 Å². The highest BCUT2D eigenvalue weighted by molar-refractivity contribution is 5.34. The molecule has 1 unspecified atom stereocenters. The van der Waals surface area contributed by atoms with Crippen molar-refractivity contribution in [2.45, 2.75) is 19.1 Å². The summed E-state index contributed by atoms with van der Waals surface area (Å²) in [6, 6.07) is 1.15. The fourth-order valence-corrected chi connectivity index (χ4v) is 1.21. The molecule has 1 aromatic carbocycles. The molecular formula is C10H7F4N. The van der Waals surface area contributed by atoms with Gasteiger partial charge in [-0.15, -0.1) is 0 Å². The Balaban J connectivity index is 3.35. The summed E-state index contributed by atoms with van der Waals surface area (Å²) >= 11 is 0. The van der Waals surface area contributed by atoms with Crippen LogP contribution in [0.4, 0.5) is 17.6 Å². The molecule has 0 spiro atoms. The predicted octanol–water partition coefficient (Wildman–Crippen LogP) is 3.82. The van der Waals surface area contributed by atoms with E-state index in [1.165, 1.54) is 6.92 Å². The van der Waals surface area contributed by atoms with E-state index in [0.717, 1.165) is 12.1 Å². The Labute approximate surface area is 84.2 Å². The van der Waals surface area contributed by atoms with Gasteiger partial charge in [-0.3, -0.25) is 0 Å². The second kappa shape index (κ2) is 3.89. The minimum Gasteiger partial charge on any atom is -0.309 e. The molecule has 1 aromatic rings. The minimum atomic E-state index is -4.55. The van der Waals surface area contributed by atoms with E-state index in [0.29, 0.717) is 6.07 Å². The smallest absolute Gasteiger partial charge is 0.309 e. The molecule has 1 nitrogen and oxygen atoms in total. The summed E-state index contributed by atoms with van der Waals surface area (Å²) in [5.74, 6) is -0.770. The van der Waals surface area contributed by atoms with Crippen LogP contribution in [0.1, 0.15) is 24.1 Å². The average molecular weight is 217 g/mol. The van der Waals surface area contributed by atoms with Crippen molar-refractivity contribution in [2.75, 3.05) is 0 Å². The molecular weight excluding hydrogens is 210 g/mol. The van der Waals surface area contributed by atoms with Gasteiger partial charge in [0.25, 0.3) is 0 Å². The van der Waals surface area contributed by atoms with Crippen molar-refractivity contribution < 1.29 is 17.6 Å². The average Bonchev–Trinajstić information content (AvgIpc) is 2.14. The summed E-state index contributed by atoms with van der Waals surface area (Å²) in [4.78, 5) is 2.96. The van der Waals surface area contributed by atoms with E-state index in [9.17, 15) is 17.6 Å². The zero-order valence-electron chi connectivity index (χ0n) is 7.77. The molecule has 0 heterocycles. The predicted molar refractivity (Wildman–Crippen MR) is 46.4 cm³/mol. The number of hydrogen-bond acceptors (Lipinski definition) is 0. The van der Waals surface area contributed by atoms with Gasteiger partial charge in [0.15, 0.2) is 0 Å². The van der Waals surface area contributed by atoms with E-state index >= 15 is 0 Å². The summed E-state index contributed by atoms with van der Waals surface area (Å²) in [5, 5.41) is 0. The lowest BCUT2D eigenvalue weighted by Crippen LogP contribution is -2.10. The van der Waals surface area contributed by atoms with Crippen LogP contribution in [0, 0.1) is 12.4 Å². The molecule has 0 aliphatic heterocycles. The zero-order valence-corrected chi connectivity index (χ0v) is 7.77. The van der Waals surface area contributed by atoms with Gasteiger partial charge in [-0.1, -0.05) is 0 Å². The Morgan fingerprint density at radius 1 is 1.33 bits per heavy atom. The summed E-state index contributed by atoms with van der Waals surface area (Å²) in [6.07, 6.45) is -4.55. The highest BCUT2D eigenvalue weighted by atomic mass is 19.4. The van der Waals surface area contributed by atoms with Crippen LogP contribution in [0.5, 0.6) is 0 Å².